The molecule has 32 heavy (non-hydrogen) atoms. The number of hydrogen-bond acceptors (Lipinski definition) is 5. The van der Waals surface area contributed by atoms with Crippen molar-refractivity contribution in [3.63, 3.8) is 0 Å². The van der Waals surface area contributed by atoms with Gasteiger partial charge in [0.25, 0.3) is 5.91 Å². The highest BCUT2D eigenvalue weighted by atomic mass is 16.7. The van der Waals surface area contributed by atoms with Gasteiger partial charge >= 0.3 is 6.03 Å². The molecule has 7 nitrogen and oxygen atoms in total. The second-order valence-electron chi connectivity index (χ2n) is 9.81. The summed E-state index contributed by atoms with van der Waals surface area (Å²) >= 11 is 0. The monoisotopic (exact) mass is 441 g/mol. The number of fused-ring (bicyclic) bond motifs is 1. The van der Waals surface area contributed by atoms with Crippen molar-refractivity contribution in [3.8, 4) is 11.5 Å². The van der Waals surface area contributed by atoms with E-state index in [9.17, 15) is 9.59 Å². The lowest BCUT2D eigenvalue weighted by Crippen LogP contribution is -2.56. The number of piperidine rings is 1. The number of rotatable bonds is 6. The van der Waals surface area contributed by atoms with Crippen LogP contribution in [-0.2, 0) is 11.3 Å². The first-order valence-electron chi connectivity index (χ1n) is 12.4. The summed E-state index contributed by atoms with van der Waals surface area (Å²) < 4.78 is 11.2. The van der Waals surface area contributed by atoms with Crippen LogP contribution < -0.4 is 9.47 Å². The summed E-state index contributed by atoms with van der Waals surface area (Å²) in [6, 6.07) is 5.96. The normalized spacial score (nSPS) is 23.5. The van der Waals surface area contributed by atoms with Crippen LogP contribution in [0.3, 0.4) is 0 Å². The van der Waals surface area contributed by atoms with Crippen molar-refractivity contribution >= 4 is 11.9 Å². The van der Waals surface area contributed by atoms with Crippen molar-refractivity contribution in [1.29, 1.82) is 0 Å². The maximum absolute atomic E-state index is 13.7. The predicted octanol–water partition coefficient (Wildman–Crippen LogP) is 4.00. The lowest BCUT2D eigenvalue weighted by molar-refractivity contribution is -0.136. The molecule has 3 heterocycles. The third-order valence-electron chi connectivity index (χ3n) is 7.79. The van der Waals surface area contributed by atoms with Crippen molar-refractivity contribution in [3.05, 3.63) is 23.8 Å². The van der Waals surface area contributed by atoms with Crippen molar-refractivity contribution in [2.45, 2.75) is 70.4 Å². The summed E-state index contributed by atoms with van der Waals surface area (Å²) in [7, 11) is 0. The number of urea groups is 1. The quantitative estimate of drug-likeness (QED) is 0.625. The molecule has 0 atom stereocenters. The molecule has 174 valence electrons. The average Bonchev–Trinajstić information content (AvgIpc) is 3.37. The fraction of sp³-hybridized carbons (Fsp3) is 0.680. The van der Waals surface area contributed by atoms with Gasteiger partial charge in [-0.05, 0) is 44.1 Å². The van der Waals surface area contributed by atoms with E-state index in [1.807, 2.05) is 17.0 Å². The van der Waals surface area contributed by atoms with Gasteiger partial charge in [-0.25, -0.2) is 4.79 Å². The van der Waals surface area contributed by atoms with E-state index in [1.165, 1.54) is 19.3 Å². The zero-order chi connectivity index (χ0) is 22.1. The van der Waals surface area contributed by atoms with Gasteiger partial charge in [-0.2, -0.15) is 0 Å². The number of benzene rings is 1. The first kappa shape index (κ1) is 21.6. The Morgan fingerprint density at radius 2 is 1.84 bits per heavy atom. The standard InChI is InChI=1S/C25H35N3O4/c1-2-13-28-24(30)27(16-19-7-4-3-5-8-19)23(29)25(28)11-14-26(15-12-25)17-20-9-6-10-21-22(20)32-18-31-21/h6,9-10,19H,2-5,7-8,11-18H2,1H3. The second-order valence-corrected chi connectivity index (χ2v) is 9.81. The molecule has 1 spiro atoms. The zero-order valence-electron chi connectivity index (χ0n) is 19.2. The van der Waals surface area contributed by atoms with Crippen LogP contribution in [0.15, 0.2) is 18.2 Å². The molecule has 0 aromatic heterocycles. The van der Waals surface area contributed by atoms with Crippen LogP contribution in [0, 0.1) is 5.92 Å². The number of amides is 3. The minimum Gasteiger partial charge on any atom is -0.454 e. The lowest BCUT2D eigenvalue weighted by atomic mass is 9.85. The number of ether oxygens (including phenoxy) is 2. The molecular formula is C25H35N3O4. The molecule has 1 aromatic rings. The van der Waals surface area contributed by atoms with Gasteiger partial charge < -0.3 is 14.4 Å². The van der Waals surface area contributed by atoms with E-state index in [2.05, 4.69) is 17.9 Å². The maximum atomic E-state index is 13.7. The number of para-hydroxylation sites is 1. The topological polar surface area (TPSA) is 62.3 Å². The van der Waals surface area contributed by atoms with Crippen molar-refractivity contribution in [2.24, 2.45) is 5.92 Å². The van der Waals surface area contributed by atoms with E-state index >= 15 is 0 Å². The summed E-state index contributed by atoms with van der Waals surface area (Å²) in [4.78, 5) is 32.9. The van der Waals surface area contributed by atoms with E-state index in [-0.39, 0.29) is 18.7 Å². The Morgan fingerprint density at radius 1 is 1.06 bits per heavy atom. The fourth-order valence-electron chi connectivity index (χ4n) is 6.03. The van der Waals surface area contributed by atoms with Crippen LogP contribution in [0.1, 0.15) is 63.9 Å². The highest BCUT2D eigenvalue weighted by Crippen LogP contribution is 2.40. The van der Waals surface area contributed by atoms with Crippen molar-refractivity contribution in [1.82, 2.24) is 14.7 Å². The van der Waals surface area contributed by atoms with E-state index in [4.69, 9.17) is 9.47 Å². The third kappa shape index (κ3) is 3.74. The number of likely N-dealkylation sites (tertiary alicyclic amines) is 1. The molecule has 3 aliphatic heterocycles. The molecule has 4 aliphatic rings. The number of imide groups is 1. The second kappa shape index (κ2) is 8.93. The number of carbonyl (C=O) groups is 2. The van der Waals surface area contributed by atoms with Crippen molar-refractivity contribution in [2.75, 3.05) is 33.0 Å². The fourth-order valence-corrected chi connectivity index (χ4v) is 6.03. The highest BCUT2D eigenvalue weighted by molar-refractivity contribution is 6.07. The van der Waals surface area contributed by atoms with Crippen LogP contribution in [0.4, 0.5) is 4.79 Å². The van der Waals surface area contributed by atoms with Gasteiger partial charge in [0, 0.05) is 38.3 Å². The van der Waals surface area contributed by atoms with Crippen LogP contribution in [0.2, 0.25) is 0 Å². The van der Waals surface area contributed by atoms with E-state index in [0.717, 1.165) is 56.0 Å². The summed E-state index contributed by atoms with van der Waals surface area (Å²) in [5.41, 5.74) is 0.463. The van der Waals surface area contributed by atoms with Gasteiger partial charge in [0.1, 0.15) is 5.54 Å². The van der Waals surface area contributed by atoms with Gasteiger partial charge in [0.05, 0.1) is 0 Å². The van der Waals surface area contributed by atoms with Gasteiger partial charge in [-0.1, -0.05) is 38.3 Å². The molecule has 0 unspecified atom stereocenters. The zero-order valence-corrected chi connectivity index (χ0v) is 19.2. The summed E-state index contributed by atoms with van der Waals surface area (Å²) in [5.74, 6) is 2.17. The Bertz CT molecular complexity index is 859. The van der Waals surface area contributed by atoms with Gasteiger partial charge in [-0.15, -0.1) is 0 Å². The Balaban J connectivity index is 1.29. The number of nitrogens with zero attached hydrogens (tertiary/aromatic N) is 3. The lowest BCUT2D eigenvalue weighted by Gasteiger charge is -2.42. The maximum Gasteiger partial charge on any atom is 0.327 e. The largest absolute Gasteiger partial charge is 0.454 e. The first-order valence-corrected chi connectivity index (χ1v) is 12.4. The van der Waals surface area contributed by atoms with Gasteiger partial charge in [-0.3, -0.25) is 14.6 Å². The third-order valence-corrected chi connectivity index (χ3v) is 7.79. The summed E-state index contributed by atoms with van der Waals surface area (Å²) in [6.07, 6.45) is 8.26. The molecule has 3 amide bonds. The highest BCUT2D eigenvalue weighted by Gasteiger charge is 2.57. The smallest absolute Gasteiger partial charge is 0.327 e. The van der Waals surface area contributed by atoms with Crippen LogP contribution >= 0.6 is 0 Å². The molecule has 5 rings (SSSR count). The minimum atomic E-state index is -0.656. The molecule has 0 radical (unpaired) electrons. The summed E-state index contributed by atoms with van der Waals surface area (Å²) in [5, 5.41) is 0. The number of hydrogen-bond donors (Lipinski definition) is 0. The Kier molecular flexibility index (Phi) is 6.01. The van der Waals surface area contributed by atoms with E-state index in [0.29, 0.717) is 31.8 Å². The average molecular weight is 442 g/mol. The summed E-state index contributed by atoms with van der Waals surface area (Å²) in [6.45, 7) is 5.98. The van der Waals surface area contributed by atoms with E-state index < -0.39 is 5.54 Å². The SMILES string of the molecule is CCCN1C(=O)N(CC2CCCCC2)C(=O)C12CCN(Cc1cccc3c1OCO3)CC2. The predicted molar refractivity (Wildman–Crippen MR) is 120 cm³/mol. The van der Waals surface area contributed by atoms with Gasteiger partial charge in [0.15, 0.2) is 11.5 Å². The van der Waals surface area contributed by atoms with Gasteiger partial charge in [0.2, 0.25) is 6.79 Å². The van der Waals surface area contributed by atoms with Crippen molar-refractivity contribution < 1.29 is 19.1 Å². The molecule has 0 N–H and O–H groups in total. The molecule has 1 aromatic carbocycles. The molecule has 7 heteroatoms. The molecule has 0 bridgehead atoms. The Labute approximate surface area is 190 Å². The molecule has 1 saturated carbocycles. The Hall–Kier alpha value is -2.28. The molecular weight excluding hydrogens is 406 g/mol. The van der Waals surface area contributed by atoms with Crippen LogP contribution in [0.5, 0.6) is 11.5 Å². The van der Waals surface area contributed by atoms with Crippen LogP contribution in [0.25, 0.3) is 0 Å². The van der Waals surface area contributed by atoms with Crippen LogP contribution in [-0.4, -0.2) is 65.1 Å². The molecule has 3 fully saturated rings. The number of carbonyl (C=O) groups excluding carboxylic acids is 2. The minimum absolute atomic E-state index is 0.0534. The Morgan fingerprint density at radius 3 is 2.59 bits per heavy atom. The first-order chi connectivity index (χ1) is 15.6. The molecule has 2 saturated heterocycles. The molecule has 1 aliphatic carbocycles. The van der Waals surface area contributed by atoms with E-state index in [1.54, 1.807) is 4.90 Å².